The molecular formula is C45H58F4O. The lowest BCUT2D eigenvalue weighted by Gasteiger charge is -2.38. The van der Waals surface area contributed by atoms with Gasteiger partial charge in [0.25, 0.3) is 0 Å². The molecule has 2 aliphatic carbocycles. The Morgan fingerprint density at radius 2 is 1.10 bits per heavy atom. The van der Waals surface area contributed by atoms with Crippen LogP contribution in [0.3, 0.4) is 0 Å². The Bertz CT molecular complexity index is 1500. The van der Waals surface area contributed by atoms with Crippen LogP contribution < -0.4 is 4.74 Å². The summed E-state index contributed by atoms with van der Waals surface area (Å²) in [5, 5.41) is 0. The second-order valence-corrected chi connectivity index (χ2v) is 15.1. The Balaban J connectivity index is 1.10. The van der Waals surface area contributed by atoms with Crippen molar-refractivity contribution in [2.45, 2.75) is 142 Å². The normalized spacial score (nSPS) is 21.2. The van der Waals surface area contributed by atoms with Gasteiger partial charge in [0.1, 0.15) is 0 Å². The van der Waals surface area contributed by atoms with E-state index >= 15 is 8.78 Å². The van der Waals surface area contributed by atoms with Gasteiger partial charge in [0.05, 0.1) is 6.26 Å². The smallest absolute Gasteiger partial charge is 0.201 e. The maximum absolute atomic E-state index is 15.6. The Hall–Kier alpha value is -3.08. The molecule has 0 bridgehead atoms. The number of unbranched alkanes of at least 4 members (excludes halogenated alkanes) is 8. The van der Waals surface area contributed by atoms with Gasteiger partial charge in [-0.1, -0.05) is 127 Å². The van der Waals surface area contributed by atoms with Crippen LogP contribution in [0.5, 0.6) is 5.75 Å². The van der Waals surface area contributed by atoms with Crippen LogP contribution in [0, 0.1) is 41.0 Å². The molecular weight excluding hydrogens is 632 g/mol. The second kappa shape index (κ2) is 19.5. The summed E-state index contributed by atoms with van der Waals surface area (Å²) in [4.78, 5) is 0. The van der Waals surface area contributed by atoms with Crippen LogP contribution in [0.15, 0.2) is 60.9 Å². The quantitative estimate of drug-likeness (QED) is 0.0778. The molecule has 0 aromatic heterocycles. The molecule has 50 heavy (non-hydrogen) atoms. The van der Waals surface area contributed by atoms with Crippen molar-refractivity contribution < 1.29 is 22.3 Å². The first-order valence-electron chi connectivity index (χ1n) is 19.8. The maximum Gasteiger partial charge on any atom is 0.201 e. The molecule has 2 fully saturated rings. The van der Waals surface area contributed by atoms with E-state index in [-0.39, 0.29) is 22.8 Å². The average Bonchev–Trinajstić information content (AvgIpc) is 3.14. The SMILES string of the molecule is CCCC=COc1ccc(-c2ccc(-c3ccc(C4CCC(C5CCC(CCCCCCCCCC)CC5)CC4)c(F)c3F)cc2)c(F)c1F. The topological polar surface area (TPSA) is 9.23 Å². The summed E-state index contributed by atoms with van der Waals surface area (Å²) in [7, 11) is 0. The molecule has 2 saturated carbocycles. The van der Waals surface area contributed by atoms with E-state index in [1.165, 1.54) is 102 Å². The third-order valence-corrected chi connectivity index (χ3v) is 11.6. The number of benzene rings is 3. The standard InChI is InChI=1S/C45H58F4O/c1-3-5-7-8-9-10-11-12-14-32-15-17-33(18-16-32)34-19-21-35(22-20-34)38-27-28-39(43(47)42(38)46)36-23-25-37(26-24-36)40-29-30-41(45(49)44(40)48)50-31-13-6-4-2/h13,23-35H,3-12,14-22H2,1-2H3. The molecule has 0 atom stereocenters. The summed E-state index contributed by atoms with van der Waals surface area (Å²) >= 11 is 0. The van der Waals surface area contributed by atoms with E-state index in [0.717, 1.165) is 50.4 Å². The van der Waals surface area contributed by atoms with Crippen molar-refractivity contribution in [2.24, 2.45) is 17.8 Å². The van der Waals surface area contributed by atoms with Crippen LogP contribution in [-0.4, -0.2) is 0 Å². The van der Waals surface area contributed by atoms with Crippen LogP contribution in [0.4, 0.5) is 17.6 Å². The number of rotatable bonds is 17. The van der Waals surface area contributed by atoms with E-state index in [4.69, 9.17) is 4.74 Å². The predicted molar refractivity (Wildman–Crippen MR) is 199 cm³/mol. The summed E-state index contributed by atoms with van der Waals surface area (Å²) < 4.78 is 66.0. The number of halogens is 4. The molecule has 0 saturated heterocycles. The van der Waals surface area contributed by atoms with Crippen molar-refractivity contribution in [1.82, 2.24) is 0 Å². The van der Waals surface area contributed by atoms with E-state index in [2.05, 4.69) is 6.92 Å². The summed E-state index contributed by atoms with van der Waals surface area (Å²) in [5.41, 5.74) is 1.65. The van der Waals surface area contributed by atoms with Crippen molar-refractivity contribution in [3.8, 4) is 28.0 Å². The molecule has 1 nitrogen and oxygen atoms in total. The monoisotopic (exact) mass is 690 g/mol. The van der Waals surface area contributed by atoms with Crippen molar-refractivity contribution in [2.75, 3.05) is 0 Å². The van der Waals surface area contributed by atoms with Crippen LogP contribution in [0.25, 0.3) is 22.3 Å². The van der Waals surface area contributed by atoms with Crippen LogP contribution in [0.1, 0.15) is 147 Å². The molecule has 0 radical (unpaired) electrons. The van der Waals surface area contributed by atoms with Gasteiger partial charge in [-0.3, -0.25) is 0 Å². The zero-order chi connectivity index (χ0) is 35.3. The van der Waals surface area contributed by atoms with Gasteiger partial charge in [-0.2, -0.15) is 4.39 Å². The first-order valence-corrected chi connectivity index (χ1v) is 19.8. The highest BCUT2D eigenvalue weighted by molar-refractivity contribution is 5.72. The number of hydrogen-bond donors (Lipinski definition) is 0. The molecule has 0 N–H and O–H groups in total. The highest BCUT2D eigenvalue weighted by Crippen LogP contribution is 2.45. The lowest BCUT2D eigenvalue weighted by molar-refractivity contribution is 0.155. The van der Waals surface area contributed by atoms with Crippen molar-refractivity contribution >= 4 is 0 Å². The Labute approximate surface area is 298 Å². The Morgan fingerprint density at radius 1 is 0.560 bits per heavy atom. The van der Waals surface area contributed by atoms with Crippen molar-refractivity contribution in [3.05, 3.63) is 89.7 Å². The van der Waals surface area contributed by atoms with Crippen molar-refractivity contribution in [1.29, 1.82) is 0 Å². The van der Waals surface area contributed by atoms with Gasteiger partial charge in [-0.15, -0.1) is 0 Å². The maximum atomic E-state index is 15.6. The summed E-state index contributed by atoms with van der Waals surface area (Å²) in [6.07, 6.45) is 26.8. The highest BCUT2D eigenvalue weighted by Gasteiger charge is 2.32. The lowest BCUT2D eigenvalue weighted by atomic mass is 9.68. The van der Waals surface area contributed by atoms with E-state index in [1.807, 2.05) is 6.92 Å². The Morgan fingerprint density at radius 3 is 1.70 bits per heavy atom. The molecule has 0 amide bonds. The number of allylic oxidation sites excluding steroid dienone is 1. The van der Waals surface area contributed by atoms with Gasteiger partial charge in [0.2, 0.25) is 5.82 Å². The fraction of sp³-hybridized carbons (Fsp3) is 0.556. The molecule has 5 heteroatoms. The predicted octanol–water partition coefficient (Wildman–Crippen LogP) is 14.9. The van der Waals surface area contributed by atoms with Gasteiger partial charge in [-0.05, 0) is 104 Å². The molecule has 0 heterocycles. The van der Waals surface area contributed by atoms with Gasteiger partial charge in [-0.25, -0.2) is 13.2 Å². The molecule has 0 aliphatic heterocycles. The molecule has 2 aliphatic rings. The third kappa shape index (κ3) is 10.0. The summed E-state index contributed by atoms with van der Waals surface area (Å²) in [6.45, 7) is 4.29. The fourth-order valence-corrected chi connectivity index (χ4v) is 8.55. The molecule has 0 unspecified atom stereocenters. The summed E-state index contributed by atoms with van der Waals surface area (Å²) in [6, 6.07) is 12.7. The minimum Gasteiger partial charge on any atom is -0.462 e. The molecule has 0 spiro atoms. The van der Waals surface area contributed by atoms with Crippen LogP contribution >= 0.6 is 0 Å². The van der Waals surface area contributed by atoms with Gasteiger partial charge in [0, 0.05) is 11.1 Å². The minimum absolute atomic E-state index is 0.0439. The van der Waals surface area contributed by atoms with Gasteiger partial charge < -0.3 is 4.74 Å². The van der Waals surface area contributed by atoms with E-state index in [0.29, 0.717) is 22.6 Å². The first-order chi connectivity index (χ1) is 24.4. The molecule has 3 aromatic rings. The van der Waals surface area contributed by atoms with Gasteiger partial charge >= 0.3 is 0 Å². The Kier molecular flexibility index (Phi) is 14.9. The van der Waals surface area contributed by atoms with E-state index in [9.17, 15) is 8.78 Å². The second-order valence-electron chi connectivity index (χ2n) is 15.1. The van der Waals surface area contributed by atoms with Crippen LogP contribution in [-0.2, 0) is 0 Å². The summed E-state index contributed by atoms with van der Waals surface area (Å²) in [5.74, 6) is -1.42. The highest BCUT2D eigenvalue weighted by atomic mass is 19.2. The third-order valence-electron chi connectivity index (χ3n) is 11.6. The zero-order valence-corrected chi connectivity index (χ0v) is 30.4. The number of hydrogen-bond acceptors (Lipinski definition) is 1. The van der Waals surface area contributed by atoms with Crippen LogP contribution in [0.2, 0.25) is 0 Å². The average molecular weight is 691 g/mol. The number of ether oxygens (including phenoxy) is 1. The molecule has 3 aromatic carbocycles. The van der Waals surface area contributed by atoms with E-state index in [1.54, 1.807) is 42.5 Å². The lowest BCUT2D eigenvalue weighted by Crippen LogP contribution is -2.25. The molecule has 5 rings (SSSR count). The molecule has 272 valence electrons. The van der Waals surface area contributed by atoms with E-state index < -0.39 is 23.3 Å². The zero-order valence-electron chi connectivity index (χ0n) is 30.4. The van der Waals surface area contributed by atoms with Gasteiger partial charge in [0.15, 0.2) is 23.2 Å². The first kappa shape index (κ1) is 38.2. The minimum atomic E-state index is -1.07. The fourth-order valence-electron chi connectivity index (χ4n) is 8.55. The largest absolute Gasteiger partial charge is 0.462 e. The van der Waals surface area contributed by atoms with Crippen molar-refractivity contribution in [3.63, 3.8) is 0 Å².